The predicted octanol–water partition coefficient (Wildman–Crippen LogP) is 1.44. The van der Waals surface area contributed by atoms with Gasteiger partial charge in [0.05, 0.1) is 4.90 Å². The summed E-state index contributed by atoms with van der Waals surface area (Å²) in [6, 6.07) is 7.07. The Morgan fingerprint density at radius 1 is 1.29 bits per heavy atom. The lowest BCUT2D eigenvalue weighted by atomic mass is 10.2. The van der Waals surface area contributed by atoms with Crippen LogP contribution in [0.1, 0.15) is 19.4 Å². The Morgan fingerprint density at radius 2 is 2.00 bits per heavy atom. The van der Waals surface area contributed by atoms with Gasteiger partial charge in [-0.1, -0.05) is 26.0 Å². The molecule has 1 N–H and O–H groups in total. The van der Waals surface area contributed by atoms with Gasteiger partial charge in [-0.05, 0) is 24.2 Å². The van der Waals surface area contributed by atoms with Crippen molar-refractivity contribution in [3.63, 3.8) is 0 Å². The van der Waals surface area contributed by atoms with E-state index in [1.54, 1.807) is 25.2 Å². The zero-order valence-corrected chi connectivity index (χ0v) is 11.4. The van der Waals surface area contributed by atoms with E-state index in [-0.39, 0.29) is 0 Å². The highest BCUT2D eigenvalue weighted by molar-refractivity contribution is 7.89. The first kappa shape index (κ1) is 14.2. The molecule has 1 aromatic carbocycles. The highest BCUT2D eigenvalue weighted by Gasteiger charge is 2.18. The fourth-order valence-corrected chi connectivity index (χ4v) is 2.69. The summed E-state index contributed by atoms with van der Waals surface area (Å²) in [5.41, 5.74) is 0.984. The number of nitrogens with zero attached hydrogens (tertiary/aromatic N) is 1. The molecule has 0 aliphatic rings. The van der Waals surface area contributed by atoms with E-state index in [1.807, 2.05) is 19.9 Å². The second kappa shape index (κ2) is 6.14. The molecule has 0 radical (unpaired) electrons. The fraction of sp³-hybridized carbons (Fsp3) is 0.500. The minimum atomic E-state index is -3.33. The molecule has 0 aliphatic carbocycles. The zero-order valence-electron chi connectivity index (χ0n) is 10.6. The fourth-order valence-electron chi connectivity index (χ4n) is 1.44. The van der Waals surface area contributed by atoms with Crippen molar-refractivity contribution in [1.29, 1.82) is 0 Å². The van der Waals surface area contributed by atoms with E-state index in [2.05, 4.69) is 5.32 Å². The topological polar surface area (TPSA) is 49.4 Å². The monoisotopic (exact) mass is 256 g/mol. The lowest BCUT2D eigenvalue weighted by Crippen LogP contribution is -2.26. The second-order valence-electron chi connectivity index (χ2n) is 3.85. The van der Waals surface area contributed by atoms with Crippen LogP contribution in [0.5, 0.6) is 0 Å². The Labute approximate surface area is 104 Å². The number of rotatable bonds is 6. The molecular weight excluding hydrogens is 236 g/mol. The van der Waals surface area contributed by atoms with Crippen LogP contribution in [0.3, 0.4) is 0 Å². The third-order valence-electron chi connectivity index (χ3n) is 2.63. The minimum Gasteiger partial charge on any atom is -0.313 e. The minimum absolute atomic E-state index is 0.359. The van der Waals surface area contributed by atoms with E-state index in [4.69, 9.17) is 0 Å². The van der Waals surface area contributed by atoms with Crippen LogP contribution in [-0.4, -0.2) is 32.9 Å². The van der Waals surface area contributed by atoms with Gasteiger partial charge in [-0.15, -0.1) is 0 Å². The molecule has 0 unspecified atom stereocenters. The van der Waals surface area contributed by atoms with E-state index >= 15 is 0 Å². The molecule has 0 spiro atoms. The molecule has 96 valence electrons. The van der Waals surface area contributed by atoms with E-state index in [0.717, 1.165) is 12.1 Å². The smallest absolute Gasteiger partial charge is 0.242 e. The largest absolute Gasteiger partial charge is 0.313 e. The summed E-state index contributed by atoms with van der Waals surface area (Å²) in [5, 5.41) is 3.18. The molecule has 17 heavy (non-hydrogen) atoms. The van der Waals surface area contributed by atoms with E-state index in [0.29, 0.717) is 18.0 Å². The van der Waals surface area contributed by atoms with Crippen molar-refractivity contribution in [2.45, 2.75) is 25.3 Å². The Bertz CT molecular complexity index is 457. The Kier molecular flexibility index (Phi) is 5.11. The van der Waals surface area contributed by atoms with Crippen molar-refractivity contribution < 1.29 is 8.42 Å². The Hall–Kier alpha value is -0.910. The summed E-state index contributed by atoms with van der Waals surface area (Å²) in [5.74, 6) is 0. The molecule has 0 saturated carbocycles. The first-order valence-electron chi connectivity index (χ1n) is 5.78. The van der Waals surface area contributed by atoms with Gasteiger partial charge in [-0.25, -0.2) is 12.7 Å². The van der Waals surface area contributed by atoms with Crippen LogP contribution in [0.25, 0.3) is 0 Å². The molecule has 0 amide bonds. The maximum atomic E-state index is 12.1. The third-order valence-corrected chi connectivity index (χ3v) is 4.56. The van der Waals surface area contributed by atoms with E-state index in [9.17, 15) is 8.42 Å². The van der Waals surface area contributed by atoms with Crippen LogP contribution < -0.4 is 5.32 Å². The quantitative estimate of drug-likeness (QED) is 0.838. The van der Waals surface area contributed by atoms with E-state index in [1.165, 1.54) is 4.31 Å². The average molecular weight is 256 g/mol. The van der Waals surface area contributed by atoms with Gasteiger partial charge in [0.2, 0.25) is 10.0 Å². The summed E-state index contributed by atoms with van der Waals surface area (Å²) < 4.78 is 25.5. The molecular formula is C12H20N2O2S. The number of hydrogen-bond acceptors (Lipinski definition) is 3. The molecule has 1 rings (SSSR count). The van der Waals surface area contributed by atoms with Crippen LogP contribution in [-0.2, 0) is 16.6 Å². The molecule has 0 heterocycles. The normalized spacial score (nSPS) is 12.0. The Morgan fingerprint density at radius 3 is 2.59 bits per heavy atom. The standard InChI is InChI=1S/C12H20N2O2S/c1-4-13-10-11-7-6-8-12(9-11)17(15,16)14(3)5-2/h6-9,13H,4-5,10H2,1-3H3. The number of sulfonamides is 1. The van der Waals surface area contributed by atoms with Crippen molar-refractivity contribution >= 4 is 10.0 Å². The van der Waals surface area contributed by atoms with Crippen molar-refractivity contribution in [2.75, 3.05) is 20.1 Å². The highest BCUT2D eigenvalue weighted by Crippen LogP contribution is 2.15. The molecule has 1 aromatic rings. The van der Waals surface area contributed by atoms with Gasteiger partial charge in [0, 0.05) is 20.1 Å². The van der Waals surface area contributed by atoms with Crippen LogP contribution in [0.15, 0.2) is 29.2 Å². The lowest BCUT2D eigenvalue weighted by Gasteiger charge is -2.15. The average Bonchev–Trinajstić information content (AvgIpc) is 2.35. The summed E-state index contributed by atoms with van der Waals surface area (Å²) in [6.45, 7) is 5.87. The lowest BCUT2D eigenvalue weighted by molar-refractivity contribution is 0.486. The maximum absolute atomic E-state index is 12.1. The van der Waals surface area contributed by atoms with Crippen molar-refractivity contribution in [3.8, 4) is 0 Å². The predicted molar refractivity (Wildman–Crippen MR) is 69.3 cm³/mol. The van der Waals surface area contributed by atoms with Gasteiger partial charge in [-0.2, -0.15) is 0 Å². The molecule has 5 heteroatoms. The van der Waals surface area contributed by atoms with Gasteiger partial charge in [-0.3, -0.25) is 0 Å². The summed E-state index contributed by atoms with van der Waals surface area (Å²) in [4.78, 5) is 0.359. The van der Waals surface area contributed by atoms with Gasteiger partial charge in [0.15, 0.2) is 0 Å². The number of benzene rings is 1. The zero-order chi connectivity index (χ0) is 12.9. The van der Waals surface area contributed by atoms with Crippen molar-refractivity contribution in [1.82, 2.24) is 9.62 Å². The molecule has 4 nitrogen and oxygen atoms in total. The molecule has 0 saturated heterocycles. The molecule has 0 bridgehead atoms. The van der Waals surface area contributed by atoms with Gasteiger partial charge in [0.1, 0.15) is 0 Å². The molecule has 0 atom stereocenters. The first-order chi connectivity index (χ1) is 8.02. The number of hydrogen-bond donors (Lipinski definition) is 1. The molecule has 0 aliphatic heterocycles. The van der Waals surface area contributed by atoms with Crippen molar-refractivity contribution in [2.24, 2.45) is 0 Å². The van der Waals surface area contributed by atoms with Crippen LogP contribution in [0, 0.1) is 0 Å². The van der Waals surface area contributed by atoms with Crippen LogP contribution in [0.4, 0.5) is 0 Å². The van der Waals surface area contributed by atoms with Crippen LogP contribution in [0.2, 0.25) is 0 Å². The summed E-state index contributed by atoms with van der Waals surface area (Å²) in [6.07, 6.45) is 0. The van der Waals surface area contributed by atoms with Gasteiger partial charge in [0.25, 0.3) is 0 Å². The first-order valence-corrected chi connectivity index (χ1v) is 7.22. The Balaban J connectivity index is 2.99. The molecule has 0 aromatic heterocycles. The van der Waals surface area contributed by atoms with E-state index < -0.39 is 10.0 Å². The third kappa shape index (κ3) is 3.52. The van der Waals surface area contributed by atoms with Gasteiger partial charge >= 0.3 is 0 Å². The van der Waals surface area contributed by atoms with Crippen molar-refractivity contribution in [3.05, 3.63) is 29.8 Å². The second-order valence-corrected chi connectivity index (χ2v) is 5.89. The van der Waals surface area contributed by atoms with Gasteiger partial charge < -0.3 is 5.32 Å². The van der Waals surface area contributed by atoms with Crippen LogP contribution >= 0.6 is 0 Å². The molecule has 0 fully saturated rings. The summed E-state index contributed by atoms with van der Waals surface area (Å²) in [7, 11) is -1.74. The SMILES string of the molecule is CCNCc1cccc(S(=O)(=O)N(C)CC)c1. The maximum Gasteiger partial charge on any atom is 0.242 e. The summed E-state index contributed by atoms with van der Waals surface area (Å²) >= 11 is 0. The number of nitrogens with one attached hydrogen (secondary N) is 1. The highest BCUT2D eigenvalue weighted by atomic mass is 32.2.